The van der Waals surface area contributed by atoms with E-state index in [1.807, 2.05) is 0 Å². The van der Waals surface area contributed by atoms with E-state index in [9.17, 15) is 0 Å². The molecule has 1 unspecified atom stereocenters. The summed E-state index contributed by atoms with van der Waals surface area (Å²) in [7, 11) is 0. The monoisotopic (exact) mass is 211 g/mol. The van der Waals surface area contributed by atoms with Gasteiger partial charge < -0.3 is 9.57 Å². The lowest BCUT2D eigenvalue weighted by molar-refractivity contribution is 0.0805. The van der Waals surface area contributed by atoms with Crippen molar-refractivity contribution >= 4 is 28.9 Å². The Morgan fingerprint density at radius 2 is 2.17 bits per heavy atom. The van der Waals surface area contributed by atoms with E-state index in [1.54, 1.807) is 0 Å². The molecule has 0 aliphatic carbocycles. The minimum Gasteiger partial charge on any atom is -0.395 e. The van der Waals surface area contributed by atoms with Crippen LogP contribution in [0.25, 0.3) is 0 Å². The summed E-state index contributed by atoms with van der Waals surface area (Å²) in [6, 6.07) is 0. The van der Waals surface area contributed by atoms with Crippen molar-refractivity contribution in [3.05, 3.63) is 0 Å². The van der Waals surface area contributed by atoms with E-state index in [0.29, 0.717) is 5.92 Å². The summed E-state index contributed by atoms with van der Waals surface area (Å²) in [5.74, 6) is 0.471. The second kappa shape index (κ2) is 5.62. The molecule has 1 fully saturated rings. The van der Waals surface area contributed by atoms with Gasteiger partial charge in [0.1, 0.15) is 6.61 Å². The van der Waals surface area contributed by atoms with Crippen LogP contribution in [0, 0.1) is 5.92 Å². The zero-order valence-electron chi connectivity index (χ0n) is 6.63. The smallest absolute Gasteiger partial charge is 0.127 e. The predicted molar refractivity (Wildman–Crippen MR) is 48.9 cm³/mol. The van der Waals surface area contributed by atoms with Gasteiger partial charge in [0.25, 0.3) is 0 Å². The second-order valence-corrected chi connectivity index (χ2v) is 3.31. The molecular formula is C7H11Cl2NO2. The van der Waals surface area contributed by atoms with Gasteiger partial charge in [-0.25, -0.2) is 0 Å². The summed E-state index contributed by atoms with van der Waals surface area (Å²) in [6.07, 6.45) is 0.963. The van der Waals surface area contributed by atoms with Crippen molar-refractivity contribution in [2.75, 3.05) is 25.2 Å². The Morgan fingerprint density at radius 1 is 1.42 bits per heavy atom. The summed E-state index contributed by atoms with van der Waals surface area (Å²) in [5.41, 5.74) is 1.20. The first-order valence-electron chi connectivity index (χ1n) is 3.77. The SMILES string of the molecule is C1CC2=NOCC2CO1.ClCCl. The number of alkyl halides is 2. The second-order valence-electron chi connectivity index (χ2n) is 2.50. The highest BCUT2D eigenvalue weighted by Crippen LogP contribution is 2.17. The summed E-state index contributed by atoms with van der Waals surface area (Å²) >= 11 is 9.53. The van der Waals surface area contributed by atoms with Gasteiger partial charge in [-0.15, -0.1) is 23.2 Å². The topological polar surface area (TPSA) is 30.8 Å². The number of rotatable bonds is 0. The first-order chi connectivity index (χ1) is 5.88. The standard InChI is InChI=1S/C6H9NO2.CH2Cl2/c1-2-8-3-5-4-9-7-6(1)5;2-1-3/h5H,1-4H2;1H2. The average Bonchev–Trinajstić information content (AvgIpc) is 2.52. The van der Waals surface area contributed by atoms with Crippen LogP contribution in [0.3, 0.4) is 0 Å². The van der Waals surface area contributed by atoms with Crippen molar-refractivity contribution < 1.29 is 9.57 Å². The third-order valence-electron chi connectivity index (χ3n) is 1.75. The van der Waals surface area contributed by atoms with Gasteiger partial charge in [-0.1, -0.05) is 5.16 Å². The Morgan fingerprint density at radius 3 is 2.83 bits per heavy atom. The van der Waals surface area contributed by atoms with Gasteiger partial charge in [0.15, 0.2) is 0 Å². The predicted octanol–water partition coefficient (Wildman–Crippen LogP) is 1.83. The van der Waals surface area contributed by atoms with E-state index >= 15 is 0 Å². The van der Waals surface area contributed by atoms with Crippen LogP contribution in [0.2, 0.25) is 0 Å². The largest absolute Gasteiger partial charge is 0.395 e. The molecule has 1 saturated heterocycles. The average molecular weight is 212 g/mol. The quantitative estimate of drug-likeness (QED) is 0.573. The number of nitrogens with zero attached hydrogens (tertiary/aromatic N) is 1. The molecule has 0 radical (unpaired) electrons. The minimum absolute atomic E-state index is 0.194. The van der Waals surface area contributed by atoms with Gasteiger partial charge in [0, 0.05) is 6.42 Å². The van der Waals surface area contributed by atoms with E-state index < -0.39 is 0 Å². The minimum atomic E-state index is 0.194. The molecule has 70 valence electrons. The first-order valence-corrected chi connectivity index (χ1v) is 4.83. The van der Waals surface area contributed by atoms with Crippen LogP contribution in [0.1, 0.15) is 6.42 Å². The molecule has 1 atom stereocenters. The number of hydrogen-bond donors (Lipinski definition) is 0. The summed E-state index contributed by atoms with van der Waals surface area (Å²) in [6.45, 7) is 2.35. The van der Waals surface area contributed by atoms with Gasteiger partial charge in [0.2, 0.25) is 0 Å². The Bertz CT molecular complexity index is 163. The van der Waals surface area contributed by atoms with Crippen molar-refractivity contribution in [2.45, 2.75) is 6.42 Å². The third-order valence-corrected chi connectivity index (χ3v) is 1.75. The van der Waals surface area contributed by atoms with Gasteiger partial charge in [-0.05, 0) is 0 Å². The highest BCUT2D eigenvalue weighted by molar-refractivity contribution is 6.40. The number of ether oxygens (including phenoxy) is 1. The van der Waals surface area contributed by atoms with Crippen LogP contribution in [-0.2, 0) is 9.57 Å². The summed E-state index contributed by atoms with van der Waals surface area (Å²) in [4.78, 5) is 4.90. The lowest BCUT2D eigenvalue weighted by Crippen LogP contribution is -2.26. The molecule has 12 heavy (non-hydrogen) atoms. The zero-order valence-corrected chi connectivity index (χ0v) is 8.14. The molecule has 2 rings (SSSR count). The molecule has 2 aliphatic heterocycles. The number of halogens is 2. The van der Waals surface area contributed by atoms with Gasteiger partial charge in [0.05, 0.1) is 30.2 Å². The molecule has 0 amide bonds. The van der Waals surface area contributed by atoms with Crippen LogP contribution >= 0.6 is 23.2 Å². The van der Waals surface area contributed by atoms with Crippen LogP contribution < -0.4 is 0 Å². The summed E-state index contributed by atoms with van der Waals surface area (Å²) < 4.78 is 5.22. The Labute approximate surface area is 81.6 Å². The van der Waals surface area contributed by atoms with Crippen LogP contribution in [0.5, 0.6) is 0 Å². The maximum absolute atomic E-state index is 5.22. The molecule has 0 bridgehead atoms. The van der Waals surface area contributed by atoms with Crippen molar-refractivity contribution in [1.82, 2.24) is 0 Å². The molecule has 2 aliphatic rings. The maximum Gasteiger partial charge on any atom is 0.127 e. The lowest BCUT2D eigenvalue weighted by atomic mass is 10.0. The van der Waals surface area contributed by atoms with Gasteiger partial charge >= 0.3 is 0 Å². The molecule has 5 heteroatoms. The first kappa shape index (κ1) is 10.1. The van der Waals surface area contributed by atoms with E-state index in [1.165, 1.54) is 5.71 Å². The fraction of sp³-hybridized carbons (Fsp3) is 0.857. The molecule has 2 heterocycles. The summed E-state index contributed by atoms with van der Waals surface area (Å²) in [5, 5.41) is 4.09. The maximum atomic E-state index is 5.22. The van der Waals surface area contributed by atoms with E-state index in [0.717, 1.165) is 26.2 Å². The van der Waals surface area contributed by atoms with Gasteiger partial charge in [-0.2, -0.15) is 0 Å². The fourth-order valence-electron chi connectivity index (χ4n) is 1.18. The third kappa shape index (κ3) is 2.81. The van der Waals surface area contributed by atoms with Crippen molar-refractivity contribution in [3.63, 3.8) is 0 Å². The molecule has 0 aromatic heterocycles. The highest BCUT2D eigenvalue weighted by atomic mass is 35.5. The molecule has 0 N–H and O–H groups in total. The number of hydrogen-bond acceptors (Lipinski definition) is 3. The van der Waals surface area contributed by atoms with Crippen molar-refractivity contribution in [1.29, 1.82) is 0 Å². The molecule has 0 saturated carbocycles. The van der Waals surface area contributed by atoms with E-state index in [-0.39, 0.29) is 5.34 Å². The Hall–Kier alpha value is 0.01000. The molecular weight excluding hydrogens is 201 g/mol. The molecule has 0 aromatic carbocycles. The highest BCUT2D eigenvalue weighted by Gasteiger charge is 2.26. The fourth-order valence-corrected chi connectivity index (χ4v) is 1.18. The Kier molecular flexibility index (Phi) is 4.73. The zero-order chi connectivity index (χ0) is 8.81. The molecule has 0 spiro atoms. The number of fused-ring (bicyclic) bond motifs is 1. The van der Waals surface area contributed by atoms with Crippen LogP contribution in [0.15, 0.2) is 5.16 Å². The van der Waals surface area contributed by atoms with Gasteiger partial charge in [-0.3, -0.25) is 0 Å². The van der Waals surface area contributed by atoms with E-state index in [4.69, 9.17) is 32.8 Å². The van der Waals surface area contributed by atoms with Crippen molar-refractivity contribution in [2.24, 2.45) is 11.1 Å². The van der Waals surface area contributed by atoms with Crippen molar-refractivity contribution in [3.8, 4) is 0 Å². The molecule has 3 nitrogen and oxygen atoms in total. The molecule has 0 aromatic rings. The Balaban J connectivity index is 0.000000213. The van der Waals surface area contributed by atoms with Crippen LogP contribution in [0.4, 0.5) is 0 Å². The van der Waals surface area contributed by atoms with E-state index in [2.05, 4.69) is 5.16 Å². The lowest BCUT2D eigenvalue weighted by Gasteiger charge is -2.15. The number of oxime groups is 1. The van der Waals surface area contributed by atoms with Crippen LogP contribution in [-0.4, -0.2) is 30.9 Å². The normalized spacial score (nSPS) is 26.2.